The normalized spacial score (nSPS) is 14.2. The molecule has 0 radical (unpaired) electrons. The zero-order valence-corrected chi connectivity index (χ0v) is 10.7. The van der Waals surface area contributed by atoms with Gasteiger partial charge in [-0.05, 0) is 31.5 Å². The Labute approximate surface area is 106 Å². The molecule has 17 heavy (non-hydrogen) atoms. The third-order valence-corrected chi connectivity index (χ3v) is 3.04. The highest BCUT2D eigenvalue weighted by molar-refractivity contribution is 6.31. The average Bonchev–Trinajstić information content (AvgIpc) is 2.29. The number of halogens is 1. The van der Waals surface area contributed by atoms with Crippen molar-refractivity contribution in [2.24, 2.45) is 5.73 Å². The molecule has 1 aromatic carbocycles. The number of aliphatic hydroxyl groups is 1. The van der Waals surface area contributed by atoms with E-state index in [9.17, 15) is 9.90 Å². The van der Waals surface area contributed by atoms with Gasteiger partial charge < -0.3 is 16.2 Å². The summed E-state index contributed by atoms with van der Waals surface area (Å²) in [7, 11) is 0. The number of aliphatic hydroxyl groups excluding tert-OH is 1. The summed E-state index contributed by atoms with van der Waals surface area (Å²) >= 11 is 5.93. The largest absolute Gasteiger partial charge is 0.392 e. The Morgan fingerprint density at radius 1 is 1.59 bits per heavy atom. The molecule has 0 aliphatic rings. The number of carbonyl (C=O) groups is 1. The maximum Gasteiger partial charge on any atom is 0.251 e. The molecule has 0 saturated carbocycles. The molecule has 0 aromatic heterocycles. The SMILES string of the molecule is Cc1c(Cl)cccc1C(=O)NCC(N)C(C)O. The summed E-state index contributed by atoms with van der Waals surface area (Å²) in [6, 6.07) is 4.68. The van der Waals surface area contributed by atoms with Gasteiger partial charge in [-0.25, -0.2) is 0 Å². The predicted molar refractivity (Wildman–Crippen MR) is 68.2 cm³/mol. The Hall–Kier alpha value is -1.10. The van der Waals surface area contributed by atoms with Gasteiger partial charge in [-0.1, -0.05) is 17.7 Å². The van der Waals surface area contributed by atoms with Gasteiger partial charge in [0.05, 0.1) is 6.10 Å². The molecule has 0 saturated heterocycles. The van der Waals surface area contributed by atoms with E-state index in [1.54, 1.807) is 32.0 Å². The summed E-state index contributed by atoms with van der Waals surface area (Å²) < 4.78 is 0. The lowest BCUT2D eigenvalue weighted by atomic mass is 10.1. The van der Waals surface area contributed by atoms with Crippen molar-refractivity contribution >= 4 is 17.5 Å². The number of benzene rings is 1. The fourth-order valence-corrected chi connectivity index (χ4v) is 1.50. The summed E-state index contributed by atoms with van der Waals surface area (Å²) in [6.45, 7) is 3.59. The third kappa shape index (κ3) is 3.70. The van der Waals surface area contributed by atoms with Crippen LogP contribution in [0, 0.1) is 6.92 Å². The second-order valence-corrected chi connectivity index (χ2v) is 4.43. The lowest BCUT2D eigenvalue weighted by Crippen LogP contribution is -2.43. The highest BCUT2D eigenvalue weighted by Crippen LogP contribution is 2.18. The van der Waals surface area contributed by atoms with Crippen LogP contribution in [0.3, 0.4) is 0 Å². The molecule has 4 nitrogen and oxygen atoms in total. The number of hydrogen-bond donors (Lipinski definition) is 3. The molecule has 0 fully saturated rings. The number of amides is 1. The average molecular weight is 257 g/mol. The number of carbonyl (C=O) groups excluding carboxylic acids is 1. The molecule has 0 aliphatic carbocycles. The Morgan fingerprint density at radius 3 is 2.82 bits per heavy atom. The second-order valence-electron chi connectivity index (χ2n) is 4.03. The molecule has 4 N–H and O–H groups in total. The smallest absolute Gasteiger partial charge is 0.251 e. The maximum absolute atomic E-state index is 11.8. The van der Waals surface area contributed by atoms with E-state index < -0.39 is 12.1 Å². The Balaban J connectivity index is 2.68. The monoisotopic (exact) mass is 256 g/mol. The molecular formula is C12H17ClN2O2. The van der Waals surface area contributed by atoms with Crippen LogP contribution in [0.2, 0.25) is 5.02 Å². The zero-order chi connectivity index (χ0) is 13.0. The molecule has 1 aromatic rings. The molecule has 2 unspecified atom stereocenters. The van der Waals surface area contributed by atoms with Crippen molar-refractivity contribution < 1.29 is 9.90 Å². The van der Waals surface area contributed by atoms with Crippen molar-refractivity contribution in [1.82, 2.24) is 5.32 Å². The van der Waals surface area contributed by atoms with Gasteiger partial charge in [-0.3, -0.25) is 4.79 Å². The number of rotatable bonds is 4. The van der Waals surface area contributed by atoms with E-state index in [2.05, 4.69) is 5.32 Å². The summed E-state index contributed by atoms with van der Waals surface area (Å²) in [5.41, 5.74) is 6.88. The first kappa shape index (κ1) is 14.0. The molecule has 94 valence electrons. The first-order valence-corrected chi connectivity index (χ1v) is 5.78. The van der Waals surface area contributed by atoms with Gasteiger partial charge in [0.15, 0.2) is 0 Å². The van der Waals surface area contributed by atoms with Crippen LogP contribution >= 0.6 is 11.6 Å². The van der Waals surface area contributed by atoms with Gasteiger partial charge in [-0.2, -0.15) is 0 Å². The van der Waals surface area contributed by atoms with Gasteiger partial charge >= 0.3 is 0 Å². The Morgan fingerprint density at radius 2 is 2.24 bits per heavy atom. The summed E-state index contributed by atoms with van der Waals surface area (Å²) in [4.78, 5) is 11.8. The molecule has 0 bridgehead atoms. The van der Waals surface area contributed by atoms with Gasteiger partial charge in [0.25, 0.3) is 5.91 Å². The van der Waals surface area contributed by atoms with Crippen molar-refractivity contribution in [2.45, 2.75) is 26.0 Å². The van der Waals surface area contributed by atoms with Gasteiger partial charge in [-0.15, -0.1) is 0 Å². The predicted octanol–water partition coefficient (Wildman–Crippen LogP) is 1.09. The fourth-order valence-electron chi connectivity index (χ4n) is 1.33. The fraction of sp³-hybridized carbons (Fsp3) is 0.417. The van der Waals surface area contributed by atoms with Crippen LogP contribution in [-0.2, 0) is 0 Å². The standard InChI is InChI=1S/C12H17ClN2O2/c1-7-9(4-3-5-10(7)13)12(17)15-6-11(14)8(2)16/h3-5,8,11,16H,6,14H2,1-2H3,(H,15,17). The topological polar surface area (TPSA) is 75.4 Å². The van der Waals surface area contributed by atoms with E-state index in [0.29, 0.717) is 10.6 Å². The van der Waals surface area contributed by atoms with Gasteiger partial charge in [0.2, 0.25) is 0 Å². The lowest BCUT2D eigenvalue weighted by molar-refractivity contribution is 0.0937. The minimum Gasteiger partial charge on any atom is -0.392 e. The van der Waals surface area contributed by atoms with Crippen LogP contribution in [-0.4, -0.2) is 29.7 Å². The molecule has 1 rings (SSSR count). The van der Waals surface area contributed by atoms with Crippen molar-refractivity contribution in [3.05, 3.63) is 34.3 Å². The molecule has 0 heterocycles. The van der Waals surface area contributed by atoms with Crippen molar-refractivity contribution in [3.63, 3.8) is 0 Å². The maximum atomic E-state index is 11.8. The summed E-state index contributed by atoms with van der Waals surface area (Å²) in [5.74, 6) is -0.235. The van der Waals surface area contributed by atoms with Crippen LogP contribution in [0.4, 0.5) is 0 Å². The zero-order valence-electron chi connectivity index (χ0n) is 9.90. The van der Waals surface area contributed by atoms with Crippen LogP contribution in [0.15, 0.2) is 18.2 Å². The summed E-state index contributed by atoms with van der Waals surface area (Å²) in [5, 5.41) is 12.4. The highest BCUT2D eigenvalue weighted by atomic mass is 35.5. The van der Waals surface area contributed by atoms with E-state index in [1.165, 1.54) is 0 Å². The van der Waals surface area contributed by atoms with Crippen LogP contribution in [0.5, 0.6) is 0 Å². The minimum atomic E-state index is -0.657. The molecular weight excluding hydrogens is 240 g/mol. The molecule has 1 amide bonds. The lowest BCUT2D eigenvalue weighted by Gasteiger charge is -2.16. The van der Waals surface area contributed by atoms with Crippen LogP contribution in [0.1, 0.15) is 22.8 Å². The second kappa shape index (κ2) is 6.00. The van der Waals surface area contributed by atoms with E-state index in [0.717, 1.165) is 5.56 Å². The minimum absolute atomic E-state index is 0.225. The molecule has 0 spiro atoms. The van der Waals surface area contributed by atoms with E-state index >= 15 is 0 Å². The van der Waals surface area contributed by atoms with Crippen molar-refractivity contribution in [2.75, 3.05) is 6.54 Å². The van der Waals surface area contributed by atoms with Crippen molar-refractivity contribution in [3.8, 4) is 0 Å². The molecule has 5 heteroatoms. The summed E-state index contributed by atoms with van der Waals surface area (Å²) in [6.07, 6.45) is -0.657. The number of hydrogen-bond acceptors (Lipinski definition) is 3. The van der Waals surface area contributed by atoms with Gasteiger partial charge in [0, 0.05) is 23.2 Å². The first-order chi connectivity index (χ1) is 7.93. The van der Waals surface area contributed by atoms with E-state index in [4.69, 9.17) is 17.3 Å². The molecule has 2 atom stereocenters. The van der Waals surface area contributed by atoms with Crippen LogP contribution in [0.25, 0.3) is 0 Å². The third-order valence-electron chi connectivity index (χ3n) is 2.63. The molecule has 0 aliphatic heterocycles. The quantitative estimate of drug-likeness (QED) is 0.755. The first-order valence-electron chi connectivity index (χ1n) is 5.40. The van der Waals surface area contributed by atoms with E-state index in [-0.39, 0.29) is 12.5 Å². The Kier molecular flexibility index (Phi) is 4.93. The highest BCUT2D eigenvalue weighted by Gasteiger charge is 2.14. The number of nitrogens with two attached hydrogens (primary N) is 1. The Bertz CT molecular complexity index is 407. The van der Waals surface area contributed by atoms with Crippen molar-refractivity contribution in [1.29, 1.82) is 0 Å². The van der Waals surface area contributed by atoms with E-state index in [1.807, 2.05) is 0 Å². The van der Waals surface area contributed by atoms with Crippen LogP contribution < -0.4 is 11.1 Å². The van der Waals surface area contributed by atoms with Gasteiger partial charge in [0.1, 0.15) is 0 Å². The number of nitrogens with one attached hydrogen (secondary N) is 1.